The van der Waals surface area contributed by atoms with E-state index < -0.39 is 0 Å². The van der Waals surface area contributed by atoms with Gasteiger partial charge in [-0.3, -0.25) is 4.79 Å². The van der Waals surface area contributed by atoms with E-state index in [2.05, 4.69) is 150 Å². The van der Waals surface area contributed by atoms with Crippen LogP contribution in [0.2, 0.25) is 0 Å². The standard InChI is InChI=1S/C88H58N4O4.C12H10O2.C12H10O.CH2O3.2K.H/c1-3-15-59(16-4-1)61-27-43-69(44-28-61)93-73-51-35-65(36-52-73)85-77-19-7-11-23-81(77)91-87(79-21-9-13-25-83(79)89-85)67-39-55-75(56-40-67)95-71-47-31-63(32-48-71)64-33-49-72(50-34-64)96-76-57-41-68(42-58-76)88-80-22-10-14-26-84(80)90-86(78-20-8-12-24-82(78)92-88)66-37-53-74(54-38-66)94-70-45-29-62(30-46-70)60-17-5-2-6-18-60;13-11-5-1-9(2-6-11)10-3-7-12(14)8-4-10;13-12-8-6-11(7-9-12)10-4-2-1-3-5-10;2-1-4-3;;;/h1-58H;1-8,13-14H;1-9,13H;1,3H;;;/q;;;;2*+1;-1/p-1. The molecule has 20 rings (SSSR count). The number of carbonyl (C=O) groups is 1. The van der Waals surface area contributed by atoms with E-state index in [-0.39, 0.29) is 122 Å². The minimum Gasteiger partial charge on any atom is -1.00 e. The first kappa shape index (κ1) is 89.8. The molecule has 129 heavy (non-hydrogen) atoms. The van der Waals surface area contributed by atoms with Crippen LogP contribution in [0.4, 0.5) is 22.7 Å². The molecule has 0 saturated heterocycles. The third kappa shape index (κ3) is 23.0. The number of benzene rings is 18. The summed E-state index contributed by atoms with van der Waals surface area (Å²) in [5.41, 5.74) is 25.1. The maximum Gasteiger partial charge on any atom is 1.00 e. The van der Waals surface area contributed by atoms with Gasteiger partial charge in [-0.15, -0.1) is 0 Å². The van der Waals surface area contributed by atoms with Gasteiger partial charge in [-0.05, 0) is 262 Å². The Morgan fingerprint density at radius 1 is 0.194 bits per heavy atom. The molecule has 0 aliphatic carbocycles. The molecule has 0 unspecified atom stereocenters. The van der Waals surface area contributed by atoms with E-state index in [0.717, 1.165) is 164 Å². The molecule has 16 heteroatoms. The first-order chi connectivity index (χ1) is 62.5. The first-order valence-corrected chi connectivity index (χ1v) is 41.1. The molecule has 18 aromatic carbocycles. The minimum atomic E-state index is -0.181. The zero-order chi connectivity index (χ0) is 86.5. The van der Waals surface area contributed by atoms with Gasteiger partial charge in [0.1, 0.15) is 63.2 Å². The Kier molecular flexibility index (Phi) is 30.5. The Morgan fingerprint density at radius 2 is 0.333 bits per heavy atom. The molecule has 614 valence electrons. The zero-order valence-electron chi connectivity index (χ0n) is 71.4. The van der Waals surface area contributed by atoms with Crippen molar-refractivity contribution in [3.8, 4) is 119 Å². The number of nitrogens with zero attached hydrogens (tertiary/aromatic N) is 4. The largest absolute Gasteiger partial charge is 1.00 e. The van der Waals surface area contributed by atoms with Crippen molar-refractivity contribution in [3.05, 3.63) is 499 Å². The van der Waals surface area contributed by atoms with Crippen LogP contribution in [0.5, 0.6) is 63.2 Å². The maximum atomic E-state index is 9.11. The second kappa shape index (κ2) is 43.9. The number of hydrogen-bond acceptors (Lipinski definition) is 14. The van der Waals surface area contributed by atoms with E-state index in [1.807, 2.05) is 273 Å². The fourth-order valence-corrected chi connectivity index (χ4v) is 14.7. The van der Waals surface area contributed by atoms with E-state index in [0.29, 0.717) is 17.2 Å². The van der Waals surface area contributed by atoms with Crippen LogP contribution in [-0.4, -0.2) is 44.6 Å². The second-order valence-corrected chi connectivity index (χ2v) is 29.4. The van der Waals surface area contributed by atoms with Crippen LogP contribution < -0.4 is 127 Å². The fourth-order valence-electron chi connectivity index (χ4n) is 14.7. The van der Waals surface area contributed by atoms with Crippen molar-refractivity contribution in [2.45, 2.75) is 0 Å². The predicted molar refractivity (Wildman–Crippen MR) is 506 cm³/mol. The van der Waals surface area contributed by atoms with Crippen LogP contribution in [0.3, 0.4) is 0 Å². The Morgan fingerprint density at radius 3 is 0.504 bits per heavy atom. The van der Waals surface area contributed by atoms with Gasteiger partial charge in [0.15, 0.2) is 0 Å². The van der Waals surface area contributed by atoms with Crippen molar-refractivity contribution in [2.75, 3.05) is 0 Å². The number of aliphatic imine (C=N–C) groups is 4. The zero-order valence-corrected chi connectivity index (χ0v) is 76.6. The van der Waals surface area contributed by atoms with Crippen molar-refractivity contribution >= 4 is 52.1 Å². The summed E-state index contributed by atoms with van der Waals surface area (Å²) in [5.74, 6) is 6.70. The van der Waals surface area contributed by atoms with E-state index in [1.54, 1.807) is 36.4 Å². The molecule has 0 saturated carbocycles. The molecule has 18 aromatic rings. The fraction of sp³-hybridized carbons (Fsp3) is 0. The normalized spacial score (nSPS) is 11.3. The Balaban J connectivity index is 0.000000337. The van der Waals surface area contributed by atoms with Gasteiger partial charge in [-0.1, -0.05) is 249 Å². The van der Waals surface area contributed by atoms with Gasteiger partial charge in [0.05, 0.1) is 45.6 Å². The van der Waals surface area contributed by atoms with Crippen molar-refractivity contribution in [1.29, 1.82) is 0 Å². The van der Waals surface area contributed by atoms with Crippen LogP contribution in [-0.2, 0) is 9.68 Å². The summed E-state index contributed by atoms with van der Waals surface area (Å²) in [6, 6.07) is 150. The van der Waals surface area contributed by atoms with E-state index in [1.165, 1.54) is 16.7 Å². The number of aromatic hydroxyl groups is 3. The van der Waals surface area contributed by atoms with Gasteiger partial charge < -0.3 is 45.8 Å². The topological polar surface area (TPSA) is 196 Å². The van der Waals surface area contributed by atoms with Crippen molar-refractivity contribution < 1.29 is 153 Å². The molecule has 3 N–H and O–H groups in total. The Bertz CT molecular complexity index is 6550. The molecular weight excluding hydrogens is 1650 g/mol. The van der Waals surface area contributed by atoms with E-state index in [9.17, 15) is 0 Å². The number of para-hydroxylation sites is 4. The van der Waals surface area contributed by atoms with E-state index in [4.69, 9.17) is 64.3 Å². The summed E-state index contributed by atoms with van der Waals surface area (Å²) in [6.07, 6.45) is 0. The van der Waals surface area contributed by atoms with Crippen LogP contribution in [0.15, 0.2) is 475 Å². The summed E-state index contributed by atoms with van der Waals surface area (Å²) in [6.45, 7) is -0.181. The first-order valence-electron chi connectivity index (χ1n) is 41.1. The van der Waals surface area contributed by atoms with Gasteiger partial charge in [-0.25, -0.2) is 20.0 Å². The van der Waals surface area contributed by atoms with Gasteiger partial charge in [0, 0.05) is 44.5 Å². The Labute approximate surface area is 834 Å². The van der Waals surface area contributed by atoms with Crippen LogP contribution in [0.25, 0.3) is 55.6 Å². The van der Waals surface area contributed by atoms with Crippen LogP contribution >= 0.6 is 0 Å². The monoisotopic (exact) mass is 1730 g/mol. The number of fused-ring (bicyclic) bond motifs is 4. The minimum absolute atomic E-state index is 0. The molecule has 2 aliphatic heterocycles. The molecule has 0 bridgehead atoms. The maximum absolute atomic E-state index is 9.11. The van der Waals surface area contributed by atoms with Crippen LogP contribution in [0, 0.1) is 0 Å². The number of hydrogen-bond donors (Lipinski definition) is 3. The molecule has 2 aliphatic rings. The molecule has 2 heterocycles. The van der Waals surface area contributed by atoms with Crippen LogP contribution in [0.1, 0.15) is 45.9 Å². The number of phenols is 3. The molecule has 14 nitrogen and oxygen atoms in total. The predicted octanol–water partition coefficient (Wildman–Crippen LogP) is 21.5. The van der Waals surface area contributed by atoms with Gasteiger partial charge in [-0.2, -0.15) is 0 Å². The molecule has 0 spiro atoms. The molecule has 0 aromatic heterocycles. The Hall–Kier alpha value is -14.1. The van der Waals surface area contributed by atoms with Gasteiger partial charge >= 0.3 is 103 Å². The molecular formula is C113H80K2N4O10. The second-order valence-electron chi connectivity index (χ2n) is 29.4. The third-order valence-corrected chi connectivity index (χ3v) is 21.1. The summed E-state index contributed by atoms with van der Waals surface area (Å²) >= 11 is 0. The molecule has 0 radical (unpaired) electrons. The average molecular weight is 1730 g/mol. The summed E-state index contributed by atoms with van der Waals surface area (Å²) in [7, 11) is 0. The quantitative estimate of drug-likeness (QED) is 0.0322. The number of phenolic OH excluding ortho intramolecular Hbond substituents is 3. The van der Waals surface area contributed by atoms with Crippen molar-refractivity contribution in [2.24, 2.45) is 20.0 Å². The third-order valence-electron chi connectivity index (χ3n) is 21.1. The smallest absolute Gasteiger partial charge is 1.00 e. The average Bonchev–Trinajstić information content (AvgIpc) is 0.774. The van der Waals surface area contributed by atoms with Crippen molar-refractivity contribution in [3.63, 3.8) is 0 Å². The summed E-state index contributed by atoms with van der Waals surface area (Å²) in [4.78, 5) is 32.7. The number of ether oxygens (including phenoxy) is 4. The van der Waals surface area contributed by atoms with Gasteiger partial charge in [0.2, 0.25) is 0 Å². The SMILES string of the molecule is O=CO[O-].Oc1ccc(-c2ccc(O)cc2)cc1.Oc1ccc(-c2ccccc2)cc1.[H-].[K+].[K+].c1ccc(-c2ccc(Oc3ccc(C4=Nc5ccccc5C(c5ccc(Oc6ccc(-c7ccc(Oc8ccc(C9=Nc%10ccccc%10C(c%10ccc(Oc%11ccc(-c%12ccccc%12)cc%11)cc%10)=Nc%10ccccc%109)cc8)cc7)cc6)cc5)=Nc5ccccc54)cc3)cc2)cc1. The summed E-state index contributed by atoms with van der Waals surface area (Å²) < 4.78 is 25.4. The molecule has 0 amide bonds. The van der Waals surface area contributed by atoms with E-state index >= 15 is 0 Å². The summed E-state index contributed by atoms with van der Waals surface area (Å²) in [5, 5.41) is 35.7. The van der Waals surface area contributed by atoms with Gasteiger partial charge in [0.25, 0.3) is 6.47 Å². The number of carbonyl (C=O) groups excluding carboxylic acids is 1. The molecule has 0 fully saturated rings. The number of rotatable bonds is 18. The van der Waals surface area contributed by atoms with Crippen molar-refractivity contribution in [1.82, 2.24) is 0 Å². The molecule has 0 atom stereocenters.